The van der Waals surface area contributed by atoms with E-state index in [-0.39, 0.29) is 22.3 Å². The van der Waals surface area contributed by atoms with Crippen molar-refractivity contribution in [1.29, 1.82) is 0 Å². The Morgan fingerprint density at radius 3 is 2.06 bits per heavy atom. The topological polar surface area (TPSA) is 176 Å². The summed E-state index contributed by atoms with van der Waals surface area (Å²) in [7, 11) is -4.46. The van der Waals surface area contributed by atoms with Gasteiger partial charge in [0, 0.05) is 28.8 Å². The summed E-state index contributed by atoms with van der Waals surface area (Å²) in [4.78, 5) is 49.2. The zero-order valence-electron chi connectivity index (χ0n) is 16.8. The number of carboxylic acids is 2. The maximum Gasteiger partial charge on any atom is 0.331 e. The summed E-state index contributed by atoms with van der Waals surface area (Å²) in [5.41, 5.74) is -0.922. The van der Waals surface area contributed by atoms with Gasteiger partial charge in [-0.15, -0.1) is 0 Å². The average Bonchev–Trinajstić information content (AvgIpc) is 2.73. The summed E-state index contributed by atoms with van der Waals surface area (Å²) in [5.74, 6) is -5.84. The predicted molar refractivity (Wildman–Crippen MR) is 112 cm³/mol. The van der Waals surface area contributed by atoms with Gasteiger partial charge in [0.25, 0.3) is 0 Å². The Balaban J connectivity index is 2.23. The van der Waals surface area contributed by atoms with Crippen LogP contribution in [-0.4, -0.2) is 65.2 Å². The third-order valence-electron chi connectivity index (χ3n) is 4.73. The van der Waals surface area contributed by atoms with Gasteiger partial charge in [0.05, 0.1) is 24.1 Å². The Bertz CT molecular complexity index is 1300. The van der Waals surface area contributed by atoms with E-state index in [9.17, 15) is 32.7 Å². The number of carboxylic acid groups (broad SMARTS) is 2. The van der Waals surface area contributed by atoms with Crippen LogP contribution in [0.25, 0.3) is 0 Å². The van der Waals surface area contributed by atoms with Gasteiger partial charge in [-0.3, -0.25) is 24.1 Å². The SMILES string of the molecule is C=CS(=O)(=O)Oc1c(CN(CC(=O)O)CC(=O)O)cc2c(c1O)C(=O)c1ccccc1C2=O. The smallest absolute Gasteiger partial charge is 0.331 e. The highest BCUT2D eigenvalue weighted by Gasteiger charge is 2.36. The summed E-state index contributed by atoms with van der Waals surface area (Å²) < 4.78 is 28.9. The third kappa shape index (κ3) is 4.76. The van der Waals surface area contributed by atoms with E-state index in [4.69, 9.17) is 14.4 Å². The van der Waals surface area contributed by atoms with Crippen molar-refractivity contribution in [3.63, 3.8) is 0 Å². The van der Waals surface area contributed by atoms with Crippen LogP contribution in [0.3, 0.4) is 0 Å². The highest BCUT2D eigenvalue weighted by molar-refractivity contribution is 7.90. The summed E-state index contributed by atoms with van der Waals surface area (Å²) in [5, 5.41) is 29.4. The number of phenols is 1. The average molecular weight is 475 g/mol. The number of aromatic hydroxyl groups is 1. The molecule has 1 aliphatic rings. The van der Waals surface area contributed by atoms with Crippen LogP contribution in [0.2, 0.25) is 0 Å². The number of benzene rings is 2. The van der Waals surface area contributed by atoms with Crippen molar-refractivity contribution in [3.05, 3.63) is 70.1 Å². The summed E-state index contributed by atoms with van der Waals surface area (Å²) in [6, 6.07) is 6.90. The number of rotatable bonds is 9. The molecule has 0 saturated carbocycles. The largest absolute Gasteiger partial charge is 0.504 e. The molecule has 0 spiro atoms. The molecule has 172 valence electrons. The van der Waals surface area contributed by atoms with E-state index >= 15 is 0 Å². The Morgan fingerprint density at radius 2 is 1.55 bits per heavy atom. The van der Waals surface area contributed by atoms with Crippen LogP contribution in [0.1, 0.15) is 37.4 Å². The van der Waals surface area contributed by atoms with Crippen LogP contribution in [0, 0.1) is 0 Å². The van der Waals surface area contributed by atoms with E-state index in [1.165, 1.54) is 24.3 Å². The second kappa shape index (κ2) is 8.84. The molecule has 2 aromatic carbocycles. The quantitative estimate of drug-likeness (QED) is 0.376. The number of carbonyl (C=O) groups excluding carboxylic acids is 2. The van der Waals surface area contributed by atoms with Gasteiger partial charge in [-0.05, 0) is 6.07 Å². The molecule has 0 fully saturated rings. The van der Waals surface area contributed by atoms with Crippen LogP contribution >= 0.6 is 0 Å². The highest BCUT2D eigenvalue weighted by atomic mass is 32.2. The van der Waals surface area contributed by atoms with Gasteiger partial charge >= 0.3 is 22.1 Å². The standard InChI is InChI=1S/C21H17NO10S/c1-2-33(30,31)32-21-11(8-22(9-15(23)24)10-16(25)26)7-14-17(20(21)29)19(28)13-6-4-3-5-12(13)18(14)27/h2-7,29H,1,8-10H2,(H,23,24)(H,25,26). The zero-order valence-corrected chi connectivity index (χ0v) is 17.7. The van der Waals surface area contributed by atoms with Gasteiger partial charge in [-0.25, -0.2) is 0 Å². The Labute approximate surface area is 187 Å². The van der Waals surface area contributed by atoms with Crippen molar-refractivity contribution in [2.75, 3.05) is 13.1 Å². The molecule has 0 bridgehead atoms. The fourth-order valence-electron chi connectivity index (χ4n) is 3.42. The summed E-state index contributed by atoms with van der Waals surface area (Å²) >= 11 is 0. The number of hydrogen-bond donors (Lipinski definition) is 3. The van der Waals surface area contributed by atoms with E-state index in [0.29, 0.717) is 5.41 Å². The van der Waals surface area contributed by atoms with Crippen molar-refractivity contribution in [1.82, 2.24) is 4.90 Å². The molecule has 0 atom stereocenters. The molecule has 0 aliphatic heterocycles. The van der Waals surface area contributed by atoms with Crippen molar-refractivity contribution >= 4 is 33.6 Å². The number of hydrogen-bond acceptors (Lipinski definition) is 9. The van der Waals surface area contributed by atoms with E-state index < -0.39 is 70.3 Å². The predicted octanol–water partition coefficient (Wildman–Crippen LogP) is 0.991. The molecule has 2 aromatic rings. The molecule has 0 amide bonds. The number of fused-ring (bicyclic) bond motifs is 2. The number of phenolic OH excluding ortho intramolecular Hbond substituents is 1. The van der Waals surface area contributed by atoms with Gasteiger partial charge in [0.1, 0.15) is 0 Å². The molecule has 12 heteroatoms. The Morgan fingerprint density at radius 1 is 1.00 bits per heavy atom. The molecule has 0 saturated heterocycles. The van der Waals surface area contributed by atoms with Crippen LogP contribution in [-0.2, 0) is 26.3 Å². The zero-order chi connectivity index (χ0) is 24.5. The van der Waals surface area contributed by atoms with E-state index in [1.54, 1.807) is 0 Å². The number of nitrogens with zero attached hydrogens (tertiary/aromatic N) is 1. The molecule has 0 heterocycles. The first kappa shape index (κ1) is 23.6. The molecule has 0 unspecified atom stereocenters. The summed E-state index contributed by atoms with van der Waals surface area (Å²) in [6.45, 7) is 1.04. The molecule has 11 nitrogen and oxygen atoms in total. The maximum atomic E-state index is 13.0. The second-order valence-corrected chi connectivity index (χ2v) is 8.50. The molecule has 0 aromatic heterocycles. The first-order valence-corrected chi connectivity index (χ1v) is 10.7. The number of carbonyl (C=O) groups is 4. The Kier molecular flexibility index (Phi) is 6.33. The Hall–Kier alpha value is -4.03. The van der Waals surface area contributed by atoms with Crippen molar-refractivity contribution < 1.29 is 47.1 Å². The monoisotopic (exact) mass is 475 g/mol. The lowest BCUT2D eigenvalue weighted by Crippen LogP contribution is -2.34. The fourth-order valence-corrected chi connectivity index (χ4v) is 3.91. The molecule has 3 rings (SSSR count). The number of ketones is 2. The van der Waals surface area contributed by atoms with Gasteiger partial charge in [0.15, 0.2) is 23.1 Å². The van der Waals surface area contributed by atoms with Crippen molar-refractivity contribution in [3.8, 4) is 11.5 Å². The minimum Gasteiger partial charge on any atom is -0.504 e. The molecule has 0 radical (unpaired) electrons. The minimum atomic E-state index is -4.46. The second-order valence-electron chi connectivity index (χ2n) is 7.02. The molecular weight excluding hydrogens is 458 g/mol. The van der Waals surface area contributed by atoms with Crippen LogP contribution in [0.4, 0.5) is 0 Å². The van der Waals surface area contributed by atoms with Crippen molar-refractivity contribution in [2.45, 2.75) is 6.54 Å². The van der Waals surface area contributed by atoms with Crippen LogP contribution < -0.4 is 4.18 Å². The van der Waals surface area contributed by atoms with E-state index in [1.807, 2.05) is 0 Å². The minimum absolute atomic E-state index is 0.00559. The molecular formula is C21H17NO10S. The van der Waals surface area contributed by atoms with E-state index in [0.717, 1.165) is 11.0 Å². The first-order valence-electron chi connectivity index (χ1n) is 9.25. The fraction of sp³-hybridized carbons (Fsp3) is 0.143. The third-order valence-corrected chi connectivity index (χ3v) is 5.54. The summed E-state index contributed by atoms with van der Waals surface area (Å²) in [6.07, 6.45) is 0. The number of aliphatic carboxylic acids is 2. The van der Waals surface area contributed by atoms with Gasteiger partial charge in [-0.1, -0.05) is 30.8 Å². The molecule has 1 aliphatic carbocycles. The lowest BCUT2D eigenvalue weighted by Gasteiger charge is -2.24. The van der Waals surface area contributed by atoms with Gasteiger partial charge in [-0.2, -0.15) is 8.42 Å². The maximum absolute atomic E-state index is 13.0. The van der Waals surface area contributed by atoms with E-state index in [2.05, 4.69) is 6.58 Å². The molecule has 3 N–H and O–H groups in total. The normalized spacial score (nSPS) is 12.8. The van der Waals surface area contributed by atoms with Crippen molar-refractivity contribution in [2.24, 2.45) is 0 Å². The van der Waals surface area contributed by atoms with Crippen LogP contribution in [0.5, 0.6) is 11.5 Å². The highest BCUT2D eigenvalue weighted by Crippen LogP contribution is 2.42. The van der Waals surface area contributed by atoms with Gasteiger partial charge in [0.2, 0.25) is 0 Å². The first-order chi connectivity index (χ1) is 15.4. The molecule has 33 heavy (non-hydrogen) atoms. The lowest BCUT2D eigenvalue weighted by atomic mass is 9.82. The van der Waals surface area contributed by atoms with Crippen LogP contribution in [0.15, 0.2) is 42.3 Å². The lowest BCUT2D eigenvalue weighted by molar-refractivity contribution is -0.142. The van der Waals surface area contributed by atoms with Gasteiger partial charge < -0.3 is 19.5 Å².